The summed E-state index contributed by atoms with van der Waals surface area (Å²) < 4.78 is 0. The van der Waals surface area contributed by atoms with Crippen LogP contribution in [0.4, 0.5) is 0 Å². The van der Waals surface area contributed by atoms with Crippen molar-refractivity contribution >= 4 is 11.6 Å². The normalized spacial score (nSPS) is 16.8. The average Bonchev–Trinajstić information content (AvgIpc) is 2.64. The Morgan fingerprint density at radius 1 is 1.64 bits per heavy atom. The number of nitrogens with zero attached hydrogens (tertiary/aromatic N) is 1. The second-order valence-corrected chi connectivity index (χ2v) is 3.11. The lowest BCUT2D eigenvalue weighted by Crippen LogP contribution is -2.08. The van der Waals surface area contributed by atoms with Gasteiger partial charge in [-0.15, -0.1) is 0 Å². The number of halogens is 1. The number of aromatic nitrogens is 2. The maximum atomic E-state index is 10.9. The summed E-state index contributed by atoms with van der Waals surface area (Å²) in [6, 6.07) is 1.29. The van der Waals surface area contributed by atoms with Crippen LogP contribution in [0.1, 0.15) is 24.6 Å². The van der Waals surface area contributed by atoms with Gasteiger partial charge < -0.3 is 4.98 Å². The summed E-state index contributed by atoms with van der Waals surface area (Å²) >= 11 is 5.59. The largest absolute Gasteiger partial charge is 0.310 e. The number of rotatable bonds is 1. The van der Waals surface area contributed by atoms with Crippen molar-refractivity contribution in [1.82, 2.24) is 9.97 Å². The first-order valence-corrected chi connectivity index (χ1v) is 3.90. The van der Waals surface area contributed by atoms with Gasteiger partial charge in [0, 0.05) is 12.0 Å². The maximum Gasteiger partial charge on any atom is 0.252 e. The minimum absolute atomic E-state index is 0.160. The predicted octanol–water partition coefficient (Wildman–Crippen LogP) is 1.30. The van der Waals surface area contributed by atoms with E-state index < -0.39 is 0 Å². The van der Waals surface area contributed by atoms with E-state index >= 15 is 0 Å². The van der Waals surface area contributed by atoms with Crippen LogP contribution >= 0.6 is 11.6 Å². The van der Waals surface area contributed by atoms with E-state index in [2.05, 4.69) is 9.97 Å². The molecular weight excluding hydrogens is 164 g/mol. The second kappa shape index (κ2) is 2.34. The quantitative estimate of drug-likeness (QED) is 0.646. The van der Waals surface area contributed by atoms with Crippen molar-refractivity contribution in [3.63, 3.8) is 0 Å². The lowest BCUT2D eigenvalue weighted by atomic mass is 10.4. The molecule has 3 nitrogen and oxygen atoms in total. The van der Waals surface area contributed by atoms with Crippen molar-refractivity contribution in [2.24, 2.45) is 0 Å². The fourth-order valence-electron chi connectivity index (χ4n) is 0.996. The molecule has 0 aliphatic heterocycles. The van der Waals surface area contributed by atoms with E-state index in [4.69, 9.17) is 11.6 Å². The Morgan fingerprint density at radius 3 is 2.91 bits per heavy atom. The van der Waals surface area contributed by atoms with Crippen LogP contribution < -0.4 is 5.56 Å². The Morgan fingerprint density at radius 2 is 2.36 bits per heavy atom. The second-order valence-electron chi connectivity index (χ2n) is 2.73. The minimum Gasteiger partial charge on any atom is -0.310 e. The van der Waals surface area contributed by atoms with Gasteiger partial charge >= 0.3 is 0 Å². The molecule has 0 atom stereocenters. The molecule has 1 saturated carbocycles. The fraction of sp³-hybridized carbons (Fsp3) is 0.429. The van der Waals surface area contributed by atoms with Crippen molar-refractivity contribution in [3.8, 4) is 0 Å². The maximum absolute atomic E-state index is 10.9. The Hall–Kier alpha value is -0.830. The Labute approximate surface area is 68.4 Å². The molecule has 0 spiro atoms. The molecule has 0 amide bonds. The molecule has 58 valence electrons. The van der Waals surface area contributed by atoms with E-state index in [0.717, 1.165) is 18.7 Å². The lowest BCUT2D eigenvalue weighted by molar-refractivity contribution is 0.908. The first-order chi connectivity index (χ1) is 5.25. The van der Waals surface area contributed by atoms with Crippen molar-refractivity contribution in [2.45, 2.75) is 18.8 Å². The summed E-state index contributed by atoms with van der Waals surface area (Å²) in [7, 11) is 0. The van der Waals surface area contributed by atoms with Gasteiger partial charge in [0.15, 0.2) is 0 Å². The molecule has 0 saturated heterocycles. The van der Waals surface area contributed by atoms with E-state index in [1.165, 1.54) is 6.07 Å². The van der Waals surface area contributed by atoms with Gasteiger partial charge in [-0.25, -0.2) is 4.98 Å². The smallest absolute Gasteiger partial charge is 0.252 e. The van der Waals surface area contributed by atoms with Crippen LogP contribution in [0.3, 0.4) is 0 Å². The molecule has 1 aromatic heterocycles. The van der Waals surface area contributed by atoms with Gasteiger partial charge in [0.1, 0.15) is 11.0 Å². The van der Waals surface area contributed by atoms with E-state index in [1.807, 2.05) is 0 Å². The molecule has 2 rings (SSSR count). The number of aromatic amines is 1. The molecule has 0 unspecified atom stereocenters. The van der Waals surface area contributed by atoms with Gasteiger partial charge in [0.25, 0.3) is 5.56 Å². The van der Waals surface area contributed by atoms with Crippen molar-refractivity contribution in [3.05, 3.63) is 27.4 Å². The zero-order chi connectivity index (χ0) is 7.84. The summed E-state index contributed by atoms with van der Waals surface area (Å²) in [5.41, 5.74) is -0.160. The summed E-state index contributed by atoms with van der Waals surface area (Å²) in [6.45, 7) is 0. The van der Waals surface area contributed by atoms with Crippen LogP contribution in [0.25, 0.3) is 0 Å². The number of H-pyrrole nitrogens is 1. The lowest BCUT2D eigenvalue weighted by Gasteiger charge is -1.95. The fourth-order valence-corrected chi connectivity index (χ4v) is 1.19. The summed E-state index contributed by atoms with van der Waals surface area (Å²) in [5, 5.41) is 0.288. The molecule has 4 heteroatoms. The summed E-state index contributed by atoms with van der Waals surface area (Å²) in [6.07, 6.45) is 2.23. The molecule has 1 fully saturated rings. The zero-order valence-electron chi connectivity index (χ0n) is 5.80. The molecule has 1 heterocycles. The van der Waals surface area contributed by atoms with Crippen LogP contribution in [0.5, 0.6) is 0 Å². The Balaban J connectivity index is 2.47. The summed E-state index contributed by atoms with van der Waals surface area (Å²) in [5.74, 6) is 1.18. The minimum atomic E-state index is -0.160. The molecule has 1 aromatic rings. The number of nitrogens with one attached hydrogen (secondary N) is 1. The molecule has 1 aliphatic rings. The third kappa shape index (κ3) is 1.43. The van der Waals surface area contributed by atoms with E-state index in [9.17, 15) is 4.79 Å². The monoisotopic (exact) mass is 170 g/mol. The number of hydrogen-bond donors (Lipinski definition) is 1. The van der Waals surface area contributed by atoms with E-state index in [0.29, 0.717) is 5.92 Å². The topological polar surface area (TPSA) is 45.8 Å². The molecular formula is C7H7ClN2O. The highest BCUT2D eigenvalue weighted by Gasteiger charge is 2.26. The van der Waals surface area contributed by atoms with Gasteiger partial charge in [-0.2, -0.15) is 0 Å². The first kappa shape index (κ1) is 6.85. The third-order valence-corrected chi connectivity index (χ3v) is 1.89. The van der Waals surface area contributed by atoms with Crippen LogP contribution in [-0.2, 0) is 0 Å². The standard InChI is InChI=1S/C7H7ClN2O/c8-5-3-6(11)10-7(9-5)4-1-2-4/h3-4H,1-2H2,(H,9,10,11). The number of hydrogen-bond acceptors (Lipinski definition) is 2. The molecule has 0 aromatic carbocycles. The van der Waals surface area contributed by atoms with Crippen LogP contribution in [0, 0.1) is 0 Å². The first-order valence-electron chi connectivity index (χ1n) is 3.52. The van der Waals surface area contributed by atoms with Crippen molar-refractivity contribution in [1.29, 1.82) is 0 Å². The Bertz CT molecular complexity index is 329. The molecule has 1 N–H and O–H groups in total. The SMILES string of the molecule is O=c1cc(Cl)nc(C2CC2)[nH]1. The van der Waals surface area contributed by atoms with Crippen molar-refractivity contribution < 1.29 is 0 Å². The highest BCUT2D eigenvalue weighted by atomic mass is 35.5. The van der Waals surface area contributed by atoms with E-state index in [1.54, 1.807) is 0 Å². The summed E-state index contributed by atoms with van der Waals surface area (Å²) in [4.78, 5) is 17.5. The van der Waals surface area contributed by atoms with Gasteiger partial charge in [0.05, 0.1) is 0 Å². The highest BCUT2D eigenvalue weighted by molar-refractivity contribution is 6.29. The predicted molar refractivity (Wildman–Crippen MR) is 41.8 cm³/mol. The molecule has 11 heavy (non-hydrogen) atoms. The Kier molecular flexibility index (Phi) is 1.46. The van der Waals surface area contributed by atoms with Gasteiger partial charge in [-0.05, 0) is 12.8 Å². The average molecular weight is 171 g/mol. The molecule has 0 radical (unpaired) electrons. The third-order valence-electron chi connectivity index (χ3n) is 1.69. The van der Waals surface area contributed by atoms with Crippen molar-refractivity contribution in [2.75, 3.05) is 0 Å². The van der Waals surface area contributed by atoms with Gasteiger partial charge in [-0.3, -0.25) is 4.79 Å². The van der Waals surface area contributed by atoms with Gasteiger partial charge in [-0.1, -0.05) is 11.6 Å². The van der Waals surface area contributed by atoms with Crippen LogP contribution in [-0.4, -0.2) is 9.97 Å². The molecule has 1 aliphatic carbocycles. The van der Waals surface area contributed by atoms with E-state index in [-0.39, 0.29) is 10.7 Å². The highest BCUT2D eigenvalue weighted by Crippen LogP contribution is 2.37. The van der Waals surface area contributed by atoms with Crippen LogP contribution in [0.15, 0.2) is 10.9 Å². The van der Waals surface area contributed by atoms with Gasteiger partial charge in [0.2, 0.25) is 0 Å². The zero-order valence-corrected chi connectivity index (χ0v) is 6.56. The van der Waals surface area contributed by atoms with Crippen LogP contribution in [0.2, 0.25) is 5.15 Å². The molecule has 0 bridgehead atoms.